The summed E-state index contributed by atoms with van der Waals surface area (Å²) < 4.78 is 30.4. The fourth-order valence-corrected chi connectivity index (χ4v) is 12.3. The standard InChI is InChI=1S/C18H45O4PSi3/c1-20-24-18-16-14-12-10-8-9-11-13-15-17-23(19,21-25(2,3)4)22-26(5,6)7/h8-18,24H2,1-7H3. The summed E-state index contributed by atoms with van der Waals surface area (Å²) in [4.78, 5) is 0. The first kappa shape index (κ1) is 26.8. The third-order valence-electron chi connectivity index (χ3n) is 3.86. The van der Waals surface area contributed by atoms with Crippen LogP contribution in [0.5, 0.6) is 0 Å². The minimum absolute atomic E-state index is 0.204. The summed E-state index contributed by atoms with van der Waals surface area (Å²) >= 11 is 0. The van der Waals surface area contributed by atoms with E-state index in [-0.39, 0.29) is 9.76 Å². The number of rotatable bonds is 17. The Balaban J connectivity index is 3.87. The lowest BCUT2D eigenvalue weighted by atomic mass is 10.1. The minimum atomic E-state index is -2.93. The monoisotopic (exact) mass is 440 g/mol. The molecule has 26 heavy (non-hydrogen) atoms. The van der Waals surface area contributed by atoms with Crippen molar-refractivity contribution in [1.29, 1.82) is 0 Å². The Labute approximate surface area is 167 Å². The number of unbranched alkanes of at least 4 members (excludes halogenated alkanes) is 8. The first-order chi connectivity index (χ1) is 12.0. The van der Waals surface area contributed by atoms with E-state index in [0.717, 1.165) is 12.8 Å². The van der Waals surface area contributed by atoms with Gasteiger partial charge in [-0.1, -0.05) is 51.4 Å². The van der Waals surface area contributed by atoms with Gasteiger partial charge in [0.1, 0.15) is 0 Å². The molecule has 0 aromatic heterocycles. The Morgan fingerprint density at radius 1 is 0.692 bits per heavy atom. The molecule has 0 radical (unpaired) electrons. The van der Waals surface area contributed by atoms with E-state index in [1.165, 1.54) is 51.0 Å². The Bertz CT molecular complexity index is 375. The summed E-state index contributed by atoms with van der Waals surface area (Å²) in [5.41, 5.74) is 0. The van der Waals surface area contributed by atoms with Gasteiger partial charge in [0.15, 0.2) is 26.4 Å². The smallest absolute Gasteiger partial charge is 0.311 e. The molecule has 0 rings (SSSR count). The first-order valence-corrected chi connectivity index (χ1v) is 20.6. The average molecular weight is 441 g/mol. The molecule has 8 heteroatoms. The van der Waals surface area contributed by atoms with E-state index in [0.29, 0.717) is 6.16 Å². The summed E-state index contributed by atoms with van der Waals surface area (Å²) in [6, 6.07) is 1.33. The third-order valence-corrected chi connectivity index (χ3v) is 12.5. The van der Waals surface area contributed by atoms with Crippen molar-refractivity contribution in [2.45, 2.75) is 103 Å². The van der Waals surface area contributed by atoms with Crippen LogP contribution in [-0.4, -0.2) is 39.7 Å². The second-order valence-electron chi connectivity index (χ2n) is 9.27. The Morgan fingerprint density at radius 2 is 1.08 bits per heavy atom. The van der Waals surface area contributed by atoms with Gasteiger partial charge in [0.25, 0.3) is 0 Å². The molecule has 0 aliphatic carbocycles. The number of hydrogen-bond acceptors (Lipinski definition) is 4. The maximum atomic E-state index is 13.1. The van der Waals surface area contributed by atoms with Gasteiger partial charge in [-0.05, 0) is 51.7 Å². The van der Waals surface area contributed by atoms with Crippen molar-refractivity contribution < 1.29 is 17.4 Å². The maximum absolute atomic E-state index is 13.1. The molecule has 0 atom stereocenters. The van der Waals surface area contributed by atoms with Crippen molar-refractivity contribution in [3.63, 3.8) is 0 Å². The van der Waals surface area contributed by atoms with E-state index in [4.69, 9.17) is 12.9 Å². The predicted octanol–water partition coefficient (Wildman–Crippen LogP) is 6.54. The van der Waals surface area contributed by atoms with E-state index < -0.39 is 24.2 Å². The molecule has 4 nitrogen and oxygen atoms in total. The summed E-state index contributed by atoms with van der Waals surface area (Å²) in [5.74, 6) is 0. The van der Waals surface area contributed by atoms with Gasteiger partial charge in [-0.25, -0.2) is 0 Å². The highest BCUT2D eigenvalue weighted by molar-refractivity contribution is 7.57. The van der Waals surface area contributed by atoms with Crippen molar-refractivity contribution in [2.24, 2.45) is 0 Å². The molecular formula is C18H45O4PSi3. The predicted molar refractivity (Wildman–Crippen MR) is 123 cm³/mol. The molecule has 0 saturated heterocycles. The Hall–Kier alpha value is 0.761. The van der Waals surface area contributed by atoms with Gasteiger partial charge < -0.3 is 12.9 Å². The highest BCUT2D eigenvalue weighted by atomic mass is 31.2. The van der Waals surface area contributed by atoms with E-state index >= 15 is 0 Å². The lowest BCUT2D eigenvalue weighted by molar-refractivity contribution is 0.380. The van der Waals surface area contributed by atoms with Crippen molar-refractivity contribution >= 4 is 34.0 Å². The SMILES string of the molecule is CO[SiH2]CCCCCCCCCCCP(=O)(O[Si](C)(C)C)O[Si](C)(C)C. The summed E-state index contributed by atoms with van der Waals surface area (Å²) in [7, 11) is -5.03. The van der Waals surface area contributed by atoms with Crippen LogP contribution in [0.2, 0.25) is 45.3 Å². The van der Waals surface area contributed by atoms with Gasteiger partial charge in [-0.3, -0.25) is 4.57 Å². The van der Waals surface area contributed by atoms with Crippen molar-refractivity contribution in [3.8, 4) is 0 Å². The van der Waals surface area contributed by atoms with Crippen LogP contribution in [0.1, 0.15) is 57.8 Å². The molecule has 0 amide bonds. The second-order valence-corrected chi connectivity index (χ2v) is 22.5. The molecule has 158 valence electrons. The van der Waals surface area contributed by atoms with Crippen LogP contribution in [-0.2, 0) is 17.4 Å². The lowest BCUT2D eigenvalue weighted by Crippen LogP contribution is -2.30. The topological polar surface area (TPSA) is 44.8 Å². The number of hydrogen-bond donors (Lipinski definition) is 0. The Morgan fingerprint density at radius 3 is 1.46 bits per heavy atom. The van der Waals surface area contributed by atoms with Crippen LogP contribution in [0.3, 0.4) is 0 Å². The fraction of sp³-hybridized carbons (Fsp3) is 1.00. The van der Waals surface area contributed by atoms with Crippen LogP contribution >= 0.6 is 7.60 Å². The van der Waals surface area contributed by atoms with Gasteiger partial charge in [-0.15, -0.1) is 0 Å². The molecule has 0 spiro atoms. The molecule has 0 aliphatic rings. The molecule has 0 N–H and O–H groups in total. The largest absolute Gasteiger partial charge is 0.427 e. The molecule has 0 bridgehead atoms. The average Bonchev–Trinajstić information content (AvgIpc) is 2.44. The van der Waals surface area contributed by atoms with Crippen molar-refractivity contribution in [3.05, 3.63) is 0 Å². The van der Waals surface area contributed by atoms with E-state index in [1.807, 2.05) is 7.11 Å². The van der Waals surface area contributed by atoms with Gasteiger partial charge in [0.05, 0.1) is 0 Å². The van der Waals surface area contributed by atoms with Crippen LogP contribution < -0.4 is 0 Å². The maximum Gasteiger partial charge on any atom is 0.311 e. The zero-order valence-electron chi connectivity index (χ0n) is 18.6. The van der Waals surface area contributed by atoms with Crippen molar-refractivity contribution in [2.75, 3.05) is 13.3 Å². The van der Waals surface area contributed by atoms with E-state index in [1.54, 1.807) is 0 Å². The van der Waals surface area contributed by atoms with Gasteiger partial charge in [0.2, 0.25) is 0 Å². The fourth-order valence-electron chi connectivity index (χ4n) is 2.91. The normalized spacial score (nSPS) is 13.8. The summed E-state index contributed by atoms with van der Waals surface area (Å²) in [5, 5.41) is 0. The third kappa shape index (κ3) is 18.1. The van der Waals surface area contributed by atoms with Crippen molar-refractivity contribution in [1.82, 2.24) is 0 Å². The minimum Gasteiger partial charge on any atom is -0.427 e. The molecule has 0 aromatic carbocycles. The lowest BCUT2D eigenvalue weighted by Gasteiger charge is -2.31. The van der Waals surface area contributed by atoms with Gasteiger partial charge in [0, 0.05) is 13.3 Å². The molecule has 0 unspecified atom stereocenters. The van der Waals surface area contributed by atoms with Crippen LogP contribution in [0.25, 0.3) is 0 Å². The molecule has 0 saturated carbocycles. The first-order valence-electron chi connectivity index (χ1n) is 10.5. The molecule has 0 heterocycles. The molecule has 0 fully saturated rings. The summed E-state index contributed by atoms with van der Waals surface area (Å²) in [6.07, 6.45) is 12.0. The quantitative estimate of drug-likeness (QED) is 0.146. The molecule has 0 aliphatic heterocycles. The highest BCUT2D eigenvalue weighted by Crippen LogP contribution is 2.53. The second kappa shape index (κ2) is 13.9. The Kier molecular flexibility index (Phi) is 14.3. The molecular weight excluding hydrogens is 395 g/mol. The zero-order valence-corrected chi connectivity index (χ0v) is 22.9. The highest BCUT2D eigenvalue weighted by Gasteiger charge is 2.35. The van der Waals surface area contributed by atoms with Gasteiger partial charge in [-0.2, -0.15) is 0 Å². The molecule has 0 aromatic rings. The summed E-state index contributed by atoms with van der Waals surface area (Å²) in [6.45, 7) is 12.5. The van der Waals surface area contributed by atoms with E-state index in [9.17, 15) is 4.57 Å². The van der Waals surface area contributed by atoms with Crippen LogP contribution in [0, 0.1) is 0 Å². The van der Waals surface area contributed by atoms with Crippen LogP contribution in [0.4, 0.5) is 0 Å². The van der Waals surface area contributed by atoms with Gasteiger partial charge >= 0.3 is 7.60 Å². The van der Waals surface area contributed by atoms with Crippen LogP contribution in [0.15, 0.2) is 0 Å². The zero-order chi connectivity index (χ0) is 20.1. The van der Waals surface area contributed by atoms with E-state index in [2.05, 4.69) is 39.3 Å².